The monoisotopic (exact) mass is 457 g/mol. The number of nitriles is 1. The number of carbonyl (C=O) groups is 1. The van der Waals surface area contributed by atoms with Crippen LogP contribution in [-0.4, -0.2) is 12.5 Å². The van der Waals surface area contributed by atoms with Crippen molar-refractivity contribution in [3.8, 4) is 6.07 Å². The summed E-state index contributed by atoms with van der Waals surface area (Å²) in [4.78, 5) is 16.1. The topological polar surface area (TPSA) is 79.2 Å². The molecule has 4 nitrogen and oxygen atoms in total. The smallest absolute Gasteiger partial charge is 0.143 e. The Morgan fingerprint density at radius 3 is 2.57 bits per heavy atom. The van der Waals surface area contributed by atoms with Crippen LogP contribution in [0, 0.1) is 17.2 Å². The van der Waals surface area contributed by atoms with Gasteiger partial charge in [0.2, 0.25) is 0 Å². The number of aldehydes is 1. The third kappa shape index (κ3) is 4.16. The number of allylic oxidation sites excluding steroid dienone is 1. The van der Waals surface area contributed by atoms with Crippen LogP contribution in [0.15, 0.2) is 89.6 Å². The molecule has 6 bridgehead atoms. The van der Waals surface area contributed by atoms with Crippen LogP contribution in [0.2, 0.25) is 0 Å². The van der Waals surface area contributed by atoms with E-state index >= 15 is 0 Å². The molecule has 0 amide bonds. The summed E-state index contributed by atoms with van der Waals surface area (Å²) >= 11 is 0. The number of aryl methyl sites for hydroxylation is 2. The average molecular weight is 458 g/mol. The van der Waals surface area contributed by atoms with Crippen molar-refractivity contribution >= 4 is 18.1 Å². The van der Waals surface area contributed by atoms with Crippen LogP contribution in [0.25, 0.3) is 5.57 Å². The summed E-state index contributed by atoms with van der Waals surface area (Å²) in [5.41, 5.74) is 14.9. The molecule has 0 spiro atoms. The number of fused-ring (bicyclic) bond motifs is 6. The second-order valence-electron chi connectivity index (χ2n) is 9.42. The van der Waals surface area contributed by atoms with Crippen LogP contribution >= 0.6 is 0 Å². The summed E-state index contributed by atoms with van der Waals surface area (Å²) in [5, 5.41) is 9.80. The van der Waals surface area contributed by atoms with Gasteiger partial charge in [0, 0.05) is 12.4 Å². The molecule has 2 N–H and O–H groups in total. The van der Waals surface area contributed by atoms with Crippen molar-refractivity contribution in [2.45, 2.75) is 31.7 Å². The minimum atomic E-state index is -0.927. The summed E-state index contributed by atoms with van der Waals surface area (Å²) in [6.07, 6.45) is 8.57. The van der Waals surface area contributed by atoms with Crippen LogP contribution in [0.3, 0.4) is 0 Å². The lowest BCUT2D eigenvalue weighted by Gasteiger charge is -2.36. The van der Waals surface area contributed by atoms with Crippen molar-refractivity contribution in [2.75, 3.05) is 0 Å². The van der Waals surface area contributed by atoms with Gasteiger partial charge >= 0.3 is 0 Å². The van der Waals surface area contributed by atoms with E-state index in [1.165, 1.54) is 0 Å². The predicted octanol–water partition coefficient (Wildman–Crippen LogP) is 5.48. The first-order valence-electron chi connectivity index (χ1n) is 11.9. The summed E-state index contributed by atoms with van der Waals surface area (Å²) in [5.74, 6) is 0.271. The van der Waals surface area contributed by atoms with Gasteiger partial charge in [-0.2, -0.15) is 5.26 Å². The summed E-state index contributed by atoms with van der Waals surface area (Å²) in [6.45, 7) is 2.14. The molecule has 3 aromatic rings. The van der Waals surface area contributed by atoms with E-state index in [0.717, 1.165) is 63.7 Å². The number of benzene rings is 3. The third-order valence-electron chi connectivity index (χ3n) is 7.08. The Kier molecular flexibility index (Phi) is 6.03. The van der Waals surface area contributed by atoms with Crippen molar-refractivity contribution in [1.29, 1.82) is 5.26 Å². The lowest BCUT2D eigenvalue weighted by Crippen LogP contribution is -2.41. The lowest BCUT2D eigenvalue weighted by atomic mass is 9.73. The first kappa shape index (κ1) is 22.7. The molecule has 35 heavy (non-hydrogen) atoms. The van der Waals surface area contributed by atoms with Crippen LogP contribution in [0.5, 0.6) is 0 Å². The molecule has 3 aromatic carbocycles. The number of hydrogen-bond donors (Lipinski definition) is 1. The highest BCUT2D eigenvalue weighted by Crippen LogP contribution is 2.40. The van der Waals surface area contributed by atoms with Crippen molar-refractivity contribution in [2.24, 2.45) is 16.6 Å². The Hall–Kier alpha value is -4.07. The molecular formula is C31H27N3O. The molecule has 4 heteroatoms. The van der Waals surface area contributed by atoms with E-state index in [1.54, 1.807) is 6.08 Å². The highest BCUT2D eigenvalue weighted by molar-refractivity contribution is 5.90. The van der Waals surface area contributed by atoms with E-state index in [1.807, 2.05) is 54.9 Å². The Labute approximate surface area is 206 Å². The second kappa shape index (κ2) is 9.29. The summed E-state index contributed by atoms with van der Waals surface area (Å²) in [6, 6.07) is 24.7. The Balaban J connectivity index is 1.82. The number of aliphatic imine (C=N–C) groups is 1. The Morgan fingerprint density at radius 1 is 1.03 bits per heavy atom. The van der Waals surface area contributed by atoms with Gasteiger partial charge in [0.15, 0.2) is 0 Å². The van der Waals surface area contributed by atoms with Gasteiger partial charge in [-0.15, -0.1) is 0 Å². The summed E-state index contributed by atoms with van der Waals surface area (Å²) in [7, 11) is 0. The van der Waals surface area contributed by atoms with E-state index < -0.39 is 5.54 Å². The maximum Gasteiger partial charge on any atom is 0.143 e. The molecule has 0 saturated carbocycles. The number of rotatable bonds is 2. The minimum absolute atomic E-state index is 0.271. The lowest BCUT2D eigenvalue weighted by molar-refractivity contribution is -0.104. The first-order valence-corrected chi connectivity index (χ1v) is 11.9. The van der Waals surface area contributed by atoms with Crippen molar-refractivity contribution in [3.63, 3.8) is 0 Å². The number of nitrogens with two attached hydrogens (primary N) is 1. The highest BCUT2D eigenvalue weighted by atomic mass is 16.1. The fraction of sp³-hybridized carbons (Fsp3) is 0.194. The largest absolute Gasteiger partial charge is 0.314 e. The normalized spacial score (nSPS) is 22.3. The zero-order chi connectivity index (χ0) is 24.4. The Bertz CT molecular complexity index is 1440. The molecule has 1 heterocycles. The fourth-order valence-corrected chi connectivity index (χ4v) is 5.22. The van der Waals surface area contributed by atoms with Gasteiger partial charge in [-0.05, 0) is 87.9 Å². The van der Waals surface area contributed by atoms with E-state index in [2.05, 4.69) is 42.3 Å². The zero-order valence-corrected chi connectivity index (χ0v) is 19.7. The van der Waals surface area contributed by atoms with Crippen LogP contribution in [0.1, 0.15) is 52.3 Å². The summed E-state index contributed by atoms with van der Waals surface area (Å²) < 4.78 is 0. The average Bonchev–Trinajstić information content (AvgIpc) is 2.90. The molecule has 0 fully saturated rings. The van der Waals surface area contributed by atoms with E-state index in [9.17, 15) is 10.1 Å². The quantitative estimate of drug-likeness (QED) is 0.408. The predicted molar refractivity (Wildman–Crippen MR) is 140 cm³/mol. The van der Waals surface area contributed by atoms with Crippen LogP contribution in [0.4, 0.5) is 0 Å². The maximum absolute atomic E-state index is 11.6. The van der Waals surface area contributed by atoms with Crippen LogP contribution in [-0.2, 0) is 23.2 Å². The Morgan fingerprint density at radius 2 is 1.80 bits per heavy atom. The maximum atomic E-state index is 11.6. The van der Waals surface area contributed by atoms with Gasteiger partial charge in [-0.1, -0.05) is 61.5 Å². The number of hydrogen-bond acceptors (Lipinski definition) is 4. The SMILES string of the molecule is CC1C=NC=C(C2(N)c3cccc(c3)/C(=C\C=O)c3cccc(c3)CCc3cc2ccc3C#N)C1. The van der Waals surface area contributed by atoms with Crippen LogP contribution < -0.4 is 5.73 Å². The minimum Gasteiger partial charge on any atom is -0.314 e. The fourth-order valence-electron chi connectivity index (χ4n) is 5.22. The molecule has 2 aliphatic rings. The molecule has 5 rings (SSSR count). The molecule has 0 saturated heterocycles. The molecule has 2 atom stereocenters. The molecule has 1 aliphatic heterocycles. The van der Waals surface area contributed by atoms with Gasteiger partial charge in [0.1, 0.15) is 6.29 Å². The standard InChI is InChI=1S/C31H27N3O/c1-21-14-29(20-34-19-21)31(33)27-7-3-6-25(17-27)30(12-13-35)24-5-2-4-22(15-24)8-9-23-16-28(31)11-10-26(23)18-32/h2-7,10-13,15-17,19-21H,8-9,14,33H2,1H3/b30-12-. The first-order chi connectivity index (χ1) is 17.0. The van der Waals surface area contributed by atoms with E-state index in [0.29, 0.717) is 12.0 Å². The van der Waals surface area contributed by atoms with Crippen molar-refractivity contribution < 1.29 is 4.79 Å². The number of carbonyl (C=O) groups excluding carboxylic acids is 1. The molecular weight excluding hydrogens is 430 g/mol. The molecule has 1 aliphatic carbocycles. The second-order valence-corrected chi connectivity index (χ2v) is 9.42. The van der Waals surface area contributed by atoms with Gasteiger partial charge in [-0.3, -0.25) is 9.79 Å². The van der Waals surface area contributed by atoms with Crippen molar-refractivity contribution in [1.82, 2.24) is 0 Å². The zero-order valence-electron chi connectivity index (χ0n) is 19.7. The van der Waals surface area contributed by atoms with E-state index in [4.69, 9.17) is 5.73 Å². The van der Waals surface area contributed by atoms with Gasteiger partial charge in [0.05, 0.1) is 17.2 Å². The van der Waals surface area contributed by atoms with Gasteiger partial charge < -0.3 is 5.73 Å². The van der Waals surface area contributed by atoms with E-state index in [-0.39, 0.29) is 5.92 Å². The third-order valence-corrected chi connectivity index (χ3v) is 7.08. The molecule has 0 aromatic heterocycles. The van der Waals surface area contributed by atoms with Gasteiger partial charge in [-0.25, -0.2) is 0 Å². The van der Waals surface area contributed by atoms with Crippen molar-refractivity contribution in [3.05, 3.63) is 124 Å². The highest BCUT2D eigenvalue weighted by Gasteiger charge is 2.36. The molecule has 172 valence electrons. The number of nitrogens with zero attached hydrogens (tertiary/aromatic N) is 2. The van der Waals surface area contributed by atoms with Gasteiger partial charge in [0.25, 0.3) is 0 Å². The molecule has 2 unspecified atom stereocenters. The molecule has 0 radical (unpaired) electrons.